The minimum Gasteiger partial charge on any atom is -0.486 e. The summed E-state index contributed by atoms with van der Waals surface area (Å²) in [7, 11) is 0. The number of piperidine rings is 1. The van der Waals surface area contributed by atoms with Crippen LogP contribution in [0.5, 0.6) is 11.5 Å². The maximum absolute atomic E-state index is 13.2. The van der Waals surface area contributed by atoms with E-state index in [1.165, 1.54) is 12.5 Å². The quantitative estimate of drug-likeness (QED) is 0.924. The normalized spacial score (nSPS) is 22.1. The van der Waals surface area contributed by atoms with Crippen molar-refractivity contribution in [1.29, 1.82) is 0 Å². The van der Waals surface area contributed by atoms with E-state index < -0.39 is 6.43 Å². The predicted octanol–water partition coefficient (Wildman–Crippen LogP) is 3.08. The highest BCUT2D eigenvalue weighted by molar-refractivity contribution is 5.49. The standard InChI is InChI=1S/C15H19F2NO2/c16-15(17)12-9-14-13(19-5-6-20-14)8-10(12)7-11-3-1-2-4-18-11/h8-9,11,15,18H,1-7H2. The van der Waals surface area contributed by atoms with Gasteiger partial charge < -0.3 is 14.8 Å². The highest BCUT2D eigenvalue weighted by Crippen LogP contribution is 2.37. The van der Waals surface area contributed by atoms with Crippen LogP contribution in [-0.4, -0.2) is 25.8 Å². The maximum atomic E-state index is 13.2. The van der Waals surface area contributed by atoms with Gasteiger partial charge in [0.05, 0.1) is 0 Å². The Morgan fingerprint density at radius 2 is 1.90 bits per heavy atom. The van der Waals surface area contributed by atoms with Gasteiger partial charge in [-0.15, -0.1) is 0 Å². The van der Waals surface area contributed by atoms with Gasteiger partial charge in [-0.25, -0.2) is 8.78 Å². The molecule has 1 saturated heterocycles. The first-order valence-electron chi connectivity index (χ1n) is 7.18. The van der Waals surface area contributed by atoms with E-state index in [1.54, 1.807) is 6.07 Å². The molecule has 1 aromatic rings. The Hall–Kier alpha value is -1.36. The second-order valence-electron chi connectivity index (χ2n) is 5.35. The van der Waals surface area contributed by atoms with E-state index in [4.69, 9.17) is 9.47 Å². The van der Waals surface area contributed by atoms with Crippen LogP contribution in [0.4, 0.5) is 8.78 Å². The summed E-state index contributed by atoms with van der Waals surface area (Å²) in [5, 5.41) is 3.40. The van der Waals surface area contributed by atoms with Gasteiger partial charge in [0.1, 0.15) is 13.2 Å². The lowest BCUT2D eigenvalue weighted by Gasteiger charge is -2.26. The summed E-state index contributed by atoms with van der Waals surface area (Å²) in [5.41, 5.74) is 0.741. The van der Waals surface area contributed by atoms with E-state index in [1.807, 2.05) is 0 Å². The van der Waals surface area contributed by atoms with Crippen molar-refractivity contribution in [2.45, 2.75) is 38.2 Å². The van der Waals surface area contributed by atoms with Gasteiger partial charge in [-0.05, 0) is 43.5 Å². The minimum atomic E-state index is -2.48. The third kappa shape index (κ3) is 2.87. The first-order valence-corrected chi connectivity index (χ1v) is 7.18. The Kier molecular flexibility index (Phi) is 4.05. The molecule has 0 aliphatic carbocycles. The van der Waals surface area contributed by atoms with Crippen LogP contribution in [0.25, 0.3) is 0 Å². The molecular formula is C15H19F2NO2. The maximum Gasteiger partial charge on any atom is 0.264 e. The fraction of sp³-hybridized carbons (Fsp3) is 0.600. The molecule has 2 aliphatic rings. The molecule has 1 N–H and O–H groups in total. The molecule has 0 aromatic heterocycles. The van der Waals surface area contributed by atoms with Crippen LogP contribution in [0.3, 0.4) is 0 Å². The lowest BCUT2D eigenvalue weighted by atomic mass is 9.94. The molecule has 1 unspecified atom stereocenters. The van der Waals surface area contributed by atoms with Gasteiger partial charge >= 0.3 is 0 Å². The highest BCUT2D eigenvalue weighted by Gasteiger charge is 2.23. The van der Waals surface area contributed by atoms with Crippen molar-refractivity contribution in [2.24, 2.45) is 0 Å². The van der Waals surface area contributed by atoms with Gasteiger partial charge in [-0.1, -0.05) is 6.42 Å². The second-order valence-corrected chi connectivity index (χ2v) is 5.35. The first kappa shape index (κ1) is 13.6. The van der Waals surface area contributed by atoms with Gasteiger partial charge in [0, 0.05) is 11.6 Å². The number of ether oxygens (including phenoxy) is 2. The second kappa shape index (κ2) is 5.95. The molecule has 0 spiro atoms. The van der Waals surface area contributed by atoms with E-state index in [2.05, 4.69) is 5.32 Å². The van der Waals surface area contributed by atoms with Crippen LogP contribution in [0.15, 0.2) is 12.1 Å². The van der Waals surface area contributed by atoms with Crippen LogP contribution in [0.2, 0.25) is 0 Å². The number of halogens is 2. The van der Waals surface area contributed by atoms with Gasteiger partial charge in [0.15, 0.2) is 11.5 Å². The molecule has 0 bridgehead atoms. The molecular weight excluding hydrogens is 264 g/mol. The molecule has 0 amide bonds. The molecule has 2 aliphatic heterocycles. The summed E-state index contributed by atoms with van der Waals surface area (Å²) in [6, 6.07) is 3.45. The zero-order valence-corrected chi connectivity index (χ0v) is 11.3. The Bertz CT molecular complexity index is 473. The van der Waals surface area contributed by atoms with Crippen LogP contribution in [0, 0.1) is 0 Å². The predicted molar refractivity (Wildman–Crippen MR) is 71.7 cm³/mol. The largest absolute Gasteiger partial charge is 0.486 e. The topological polar surface area (TPSA) is 30.5 Å². The smallest absolute Gasteiger partial charge is 0.264 e. The third-order valence-electron chi connectivity index (χ3n) is 3.92. The number of hydrogen-bond acceptors (Lipinski definition) is 3. The lowest BCUT2D eigenvalue weighted by Crippen LogP contribution is -2.35. The van der Waals surface area contributed by atoms with Crippen molar-refractivity contribution in [1.82, 2.24) is 5.32 Å². The zero-order valence-electron chi connectivity index (χ0n) is 11.3. The average Bonchev–Trinajstić information content (AvgIpc) is 2.47. The van der Waals surface area contributed by atoms with E-state index in [0.717, 1.165) is 19.4 Å². The van der Waals surface area contributed by atoms with E-state index >= 15 is 0 Å². The Labute approximate surface area is 117 Å². The first-order chi connectivity index (χ1) is 9.74. The molecule has 3 rings (SSSR count). The minimum absolute atomic E-state index is 0.0709. The van der Waals surface area contributed by atoms with Gasteiger partial charge in [0.2, 0.25) is 0 Å². The van der Waals surface area contributed by atoms with Gasteiger partial charge in [0.25, 0.3) is 6.43 Å². The highest BCUT2D eigenvalue weighted by atomic mass is 19.3. The molecule has 0 saturated carbocycles. The number of rotatable bonds is 3. The molecule has 2 heterocycles. The summed E-state index contributed by atoms with van der Waals surface area (Å²) in [6.07, 6.45) is 1.50. The number of fused-ring (bicyclic) bond motifs is 1. The average molecular weight is 283 g/mol. The van der Waals surface area contributed by atoms with Crippen molar-refractivity contribution in [3.8, 4) is 11.5 Å². The van der Waals surface area contributed by atoms with Crippen LogP contribution < -0.4 is 14.8 Å². The molecule has 3 nitrogen and oxygen atoms in total. The monoisotopic (exact) mass is 283 g/mol. The lowest BCUT2D eigenvalue weighted by molar-refractivity contribution is 0.145. The van der Waals surface area contributed by atoms with Crippen LogP contribution >= 0.6 is 0 Å². The molecule has 0 radical (unpaired) electrons. The van der Waals surface area contributed by atoms with E-state index in [0.29, 0.717) is 36.7 Å². The van der Waals surface area contributed by atoms with Crippen LogP contribution in [0.1, 0.15) is 36.8 Å². The molecule has 1 aromatic carbocycles. The van der Waals surface area contributed by atoms with Crippen LogP contribution in [-0.2, 0) is 6.42 Å². The van der Waals surface area contributed by atoms with Crippen molar-refractivity contribution in [3.05, 3.63) is 23.3 Å². The molecule has 1 fully saturated rings. The molecule has 1 atom stereocenters. The molecule has 20 heavy (non-hydrogen) atoms. The summed E-state index contributed by atoms with van der Waals surface area (Å²) >= 11 is 0. The zero-order chi connectivity index (χ0) is 13.9. The Morgan fingerprint density at radius 3 is 2.55 bits per heavy atom. The molecule has 5 heteroatoms. The number of hydrogen-bond donors (Lipinski definition) is 1. The van der Waals surface area contributed by atoms with E-state index in [-0.39, 0.29) is 11.6 Å². The Balaban J connectivity index is 1.86. The van der Waals surface area contributed by atoms with Crippen molar-refractivity contribution < 1.29 is 18.3 Å². The third-order valence-corrected chi connectivity index (χ3v) is 3.92. The van der Waals surface area contributed by atoms with Crippen molar-refractivity contribution in [2.75, 3.05) is 19.8 Å². The van der Waals surface area contributed by atoms with E-state index in [9.17, 15) is 8.78 Å². The summed E-state index contributed by atoms with van der Waals surface area (Å²) in [6.45, 7) is 1.86. The Morgan fingerprint density at radius 1 is 1.15 bits per heavy atom. The number of benzene rings is 1. The van der Waals surface area contributed by atoms with Crippen molar-refractivity contribution in [3.63, 3.8) is 0 Å². The fourth-order valence-corrected chi connectivity index (χ4v) is 2.89. The number of nitrogens with one attached hydrogen (secondary N) is 1. The van der Waals surface area contributed by atoms with Gasteiger partial charge in [-0.2, -0.15) is 0 Å². The summed E-state index contributed by atoms with van der Waals surface area (Å²) < 4.78 is 37.4. The SMILES string of the molecule is FC(F)c1cc2c(cc1CC1CCCCN1)OCCO2. The van der Waals surface area contributed by atoms with Crippen molar-refractivity contribution >= 4 is 0 Å². The van der Waals surface area contributed by atoms with Gasteiger partial charge in [-0.3, -0.25) is 0 Å². The number of alkyl halides is 2. The summed E-state index contributed by atoms with van der Waals surface area (Å²) in [5.74, 6) is 1.03. The fourth-order valence-electron chi connectivity index (χ4n) is 2.89. The molecule has 110 valence electrons. The summed E-state index contributed by atoms with van der Waals surface area (Å²) in [4.78, 5) is 0.